The normalized spacial score (nSPS) is 19.6. The lowest BCUT2D eigenvalue weighted by atomic mass is 10.3. The summed E-state index contributed by atoms with van der Waals surface area (Å²) in [5, 5.41) is 7.42. The lowest BCUT2D eigenvalue weighted by molar-refractivity contribution is 0.121. The summed E-state index contributed by atoms with van der Waals surface area (Å²) in [6.45, 7) is 3.54. The number of hydrogen-bond acceptors (Lipinski definition) is 5. The summed E-state index contributed by atoms with van der Waals surface area (Å²) >= 11 is 0. The fraction of sp³-hybridized carbons (Fsp3) is 0.545. The van der Waals surface area contributed by atoms with Crippen molar-refractivity contribution in [1.29, 1.82) is 5.41 Å². The molecule has 1 atom stereocenters. The molecule has 1 fully saturated rings. The predicted molar refractivity (Wildman–Crippen MR) is 65.4 cm³/mol. The van der Waals surface area contributed by atoms with Gasteiger partial charge in [-0.25, -0.2) is 9.97 Å². The Labute approximate surface area is 100 Å². The molecule has 1 aliphatic heterocycles. The molecule has 6 heteroatoms. The molecule has 0 radical (unpaired) electrons. The van der Waals surface area contributed by atoms with Gasteiger partial charge in [0.05, 0.1) is 6.10 Å². The second kappa shape index (κ2) is 4.67. The SMILES string of the molecule is COC1CCN(c2nc(C)cc(C(=N)N)n2)C1. The Morgan fingerprint density at radius 3 is 2.94 bits per heavy atom. The second-order valence-electron chi connectivity index (χ2n) is 4.20. The number of ether oxygens (including phenoxy) is 1. The average Bonchev–Trinajstić information content (AvgIpc) is 2.76. The van der Waals surface area contributed by atoms with Gasteiger partial charge in [0.2, 0.25) is 5.95 Å². The molecule has 0 amide bonds. The molecule has 0 aliphatic carbocycles. The van der Waals surface area contributed by atoms with Crippen molar-refractivity contribution in [3.05, 3.63) is 17.5 Å². The van der Waals surface area contributed by atoms with E-state index in [0.717, 1.165) is 25.2 Å². The van der Waals surface area contributed by atoms with Crippen LogP contribution in [-0.2, 0) is 4.74 Å². The zero-order valence-electron chi connectivity index (χ0n) is 10.1. The number of nitrogens with two attached hydrogens (primary N) is 1. The smallest absolute Gasteiger partial charge is 0.226 e. The topological polar surface area (TPSA) is 88.1 Å². The minimum Gasteiger partial charge on any atom is -0.382 e. The standard InChI is InChI=1S/C11H17N5O/c1-7-5-9(10(12)13)15-11(14-7)16-4-3-8(6-16)17-2/h5,8H,3-4,6H2,1-2H3,(H3,12,13). The predicted octanol–water partition coefficient (Wildman–Crippen LogP) is 0.294. The van der Waals surface area contributed by atoms with Gasteiger partial charge >= 0.3 is 0 Å². The lowest BCUT2D eigenvalue weighted by Crippen LogP contribution is -2.26. The molecule has 1 aliphatic rings. The van der Waals surface area contributed by atoms with Gasteiger partial charge in [-0.3, -0.25) is 5.41 Å². The van der Waals surface area contributed by atoms with Crippen LogP contribution in [0.3, 0.4) is 0 Å². The molecule has 1 aromatic rings. The van der Waals surface area contributed by atoms with E-state index in [1.807, 2.05) is 6.92 Å². The first-order valence-corrected chi connectivity index (χ1v) is 5.58. The first-order valence-electron chi connectivity index (χ1n) is 5.58. The molecule has 1 unspecified atom stereocenters. The molecule has 2 heterocycles. The summed E-state index contributed by atoms with van der Waals surface area (Å²) in [4.78, 5) is 10.7. The number of hydrogen-bond donors (Lipinski definition) is 2. The number of methoxy groups -OCH3 is 1. The number of anilines is 1. The molecular formula is C11H17N5O. The summed E-state index contributed by atoms with van der Waals surface area (Å²) in [5.41, 5.74) is 6.75. The molecule has 0 bridgehead atoms. The van der Waals surface area contributed by atoms with E-state index < -0.39 is 0 Å². The largest absolute Gasteiger partial charge is 0.382 e. The van der Waals surface area contributed by atoms with E-state index in [4.69, 9.17) is 15.9 Å². The first kappa shape index (κ1) is 11.8. The van der Waals surface area contributed by atoms with Crippen molar-refractivity contribution >= 4 is 11.8 Å². The molecule has 1 aromatic heterocycles. The van der Waals surface area contributed by atoms with E-state index in [-0.39, 0.29) is 11.9 Å². The van der Waals surface area contributed by atoms with Gasteiger partial charge < -0.3 is 15.4 Å². The van der Waals surface area contributed by atoms with Crippen molar-refractivity contribution in [2.45, 2.75) is 19.4 Å². The van der Waals surface area contributed by atoms with Crippen LogP contribution < -0.4 is 10.6 Å². The maximum Gasteiger partial charge on any atom is 0.226 e. The Kier molecular flexibility index (Phi) is 3.23. The Balaban J connectivity index is 2.24. The zero-order chi connectivity index (χ0) is 12.4. The van der Waals surface area contributed by atoms with Gasteiger partial charge in [0.1, 0.15) is 11.5 Å². The van der Waals surface area contributed by atoms with Crippen LogP contribution in [0.15, 0.2) is 6.07 Å². The van der Waals surface area contributed by atoms with E-state index in [1.54, 1.807) is 13.2 Å². The third-order valence-corrected chi connectivity index (χ3v) is 2.88. The van der Waals surface area contributed by atoms with Crippen LogP contribution in [0.1, 0.15) is 17.8 Å². The van der Waals surface area contributed by atoms with Crippen molar-refractivity contribution in [3.63, 3.8) is 0 Å². The van der Waals surface area contributed by atoms with E-state index in [2.05, 4.69) is 14.9 Å². The first-order chi connectivity index (χ1) is 8.10. The summed E-state index contributed by atoms with van der Waals surface area (Å²) in [7, 11) is 1.71. The van der Waals surface area contributed by atoms with Crippen molar-refractivity contribution in [1.82, 2.24) is 9.97 Å². The number of amidine groups is 1. The maximum atomic E-state index is 7.42. The molecule has 0 spiro atoms. The minimum atomic E-state index is -0.0285. The zero-order valence-corrected chi connectivity index (χ0v) is 10.1. The fourth-order valence-electron chi connectivity index (χ4n) is 1.93. The minimum absolute atomic E-state index is 0.0285. The molecule has 92 valence electrons. The van der Waals surface area contributed by atoms with Crippen molar-refractivity contribution in [2.75, 3.05) is 25.1 Å². The van der Waals surface area contributed by atoms with Crippen LogP contribution in [0.2, 0.25) is 0 Å². The van der Waals surface area contributed by atoms with E-state index in [1.165, 1.54) is 0 Å². The Morgan fingerprint density at radius 2 is 2.35 bits per heavy atom. The molecule has 0 aromatic carbocycles. The van der Waals surface area contributed by atoms with Gasteiger partial charge in [-0.1, -0.05) is 0 Å². The van der Waals surface area contributed by atoms with Crippen LogP contribution in [0, 0.1) is 12.3 Å². The van der Waals surface area contributed by atoms with Gasteiger partial charge in [0, 0.05) is 25.9 Å². The number of nitrogen functional groups attached to an aromatic ring is 1. The number of aryl methyl sites for hydroxylation is 1. The third kappa shape index (κ3) is 2.52. The van der Waals surface area contributed by atoms with Crippen molar-refractivity contribution in [2.24, 2.45) is 5.73 Å². The van der Waals surface area contributed by atoms with Crippen molar-refractivity contribution < 1.29 is 4.74 Å². The Morgan fingerprint density at radius 1 is 1.59 bits per heavy atom. The quantitative estimate of drug-likeness (QED) is 0.581. The van der Waals surface area contributed by atoms with E-state index >= 15 is 0 Å². The number of aromatic nitrogens is 2. The highest BCUT2D eigenvalue weighted by molar-refractivity contribution is 5.93. The van der Waals surface area contributed by atoms with Crippen LogP contribution in [0.5, 0.6) is 0 Å². The highest BCUT2D eigenvalue weighted by atomic mass is 16.5. The summed E-state index contributed by atoms with van der Waals surface area (Å²) in [5.74, 6) is 0.606. The third-order valence-electron chi connectivity index (χ3n) is 2.88. The molecule has 17 heavy (non-hydrogen) atoms. The number of nitrogens with zero attached hydrogens (tertiary/aromatic N) is 3. The molecule has 2 rings (SSSR count). The second-order valence-corrected chi connectivity index (χ2v) is 4.20. The van der Waals surface area contributed by atoms with Gasteiger partial charge in [0.15, 0.2) is 0 Å². The summed E-state index contributed by atoms with van der Waals surface area (Å²) < 4.78 is 5.31. The number of rotatable bonds is 3. The van der Waals surface area contributed by atoms with Crippen molar-refractivity contribution in [3.8, 4) is 0 Å². The van der Waals surface area contributed by atoms with Crippen LogP contribution >= 0.6 is 0 Å². The Hall–Kier alpha value is -1.69. The lowest BCUT2D eigenvalue weighted by Gasteiger charge is -2.17. The highest BCUT2D eigenvalue weighted by Gasteiger charge is 2.24. The van der Waals surface area contributed by atoms with Gasteiger partial charge in [-0.05, 0) is 19.4 Å². The molecule has 3 N–H and O–H groups in total. The Bertz CT molecular complexity index is 434. The maximum absolute atomic E-state index is 7.42. The summed E-state index contributed by atoms with van der Waals surface area (Å²) in [6.07, 6.45) is 1.21. The van der Waals surface area contributed by atoms with Crippen LogP contribution in [0.4, 0.5) is 5.95 Å². The van der Waals surface area contributed by atoms with Gasteiger partial charge in [0.25, 0.3) is 0 Å². The number of nitrogens with one attached hydrogen (secondary N) is 1. The molecule has 0 saturated carbocycles. The molecular weight excluding hydrogens is 218 g/mol. The van der Waals surface area contributed by atoms with Gasteiger partial charge in [-0.15, -0.1) is 0 Å². The highest BCUT2D eigenvalue weighted by Crippen LogP contribution is 2.18. The van der Waals surface area contributed by atoms with E-state index in [0.29, 0.717) is 11.6 Å². The average molecular weight is 235 g/mol. The fourth-order valence-corrected chi connectivity index (χ4v) is 1.93. The molecule has 1 saturated heterocycles. The van der Waals surface area contributed by atoms with Gasteiger partial charge in [-0.2, -0.15) is 0 Å². The monoisotopic (exact) mass is 235 g/mol. The van der Waals surface area contributed by atoms with Crippen LogP contribution in [0.25, 0.3) is 0 Å². The summed E-state index contributed by atoms with van der Waals surface area (Å²) in [6, 6.07) is 1.72. The van der Waals surface area contributed by atoms with E-state index in [9.17, 15) is 0 Å². The molecule has 6 nitrogen and oxygen atoms in total. The van der Waals surface area contributed by atoms with Crippen LogP contribution in [-0.4, -0.2) is 42.1 Å².